The molecule has 0 heteroatoms. The largest absolute Gasteiger partial charge is 0.103 e. The van der Waals surface area contributed by atoms with Crippen LogP contribution >= 0.6 is 0 Å². The van der Waals surface area contributed by atoms with Gasteiger partial charge in [-0.1, -0.05) is 45.1 Å². The van der Waals surface area contributed by atoms with Crippen molar-refractivity contribution in [2.75, 3.05) is 0 Å². The second-order valence-corrected chi connectivity index (χ2v) is 6.33. The Hall–Kier alpha value is -0.780. The highest BCUT2D eigenvalue weighted by molar-refractivity contribution is 5.31. The fourth-order valence-corrected chi connectivity index (χ4v) is 3.13. The molecule has 16 heavy (non-hydrogen) atoms. The smallest absolute Gasteiger partial charge is 0.0135 e. The maximum Gasteiger partial charge on any atom is -0.0135 e. The highest BCUT2D eigenvalue weighted by Gasteiger charge is 2.35. The molecule has 0 spiro atoms. The van der Waals surface area contributed by atoms with Gasteiger partial charge in [0, 0.05) is 0 Å². The van der Waals surface area contributed by atoms with Gasteiger partial charge in [-0.05, 0) is 48.0 Å². The van der Waals surface area contributed by atoms with Crippen LogP contribution in [-0.2, 0) is 0 Å². The van der Waals surface area contributed by atoms with Gasteiger partial charge in [-0.25, -0.2) is 0 Å². The van der Waals surface area contributed by atoms with Crippen molar-refractivity contribution >= 4 is 0 Å². The minimum Gasteiger partial charge on any atom is -0.103 e. The third-order valence-corrected chi connectivity index (χ3v) is 4.14. The van der Waals surface area contributed by atoms with Crippen molar-refractivity contribution in [2.45, 2.75) is 40.0 Å². The fourth-order valence-electron chi connectivity index (χ4n) is 3.13. The maximum absolute atomic E-state index is 3.88. The normalized spacial score (nSPS) is 33.4. The van der Waals surface area contributed by atoms with E-state index >= 15 is 0 Å². The molecular weight excluding hydrogens is 192 g/mol. The van der Waals surface area contributed by atoms with Crippen LogP contribution in [0.25, 0.3) is 0 Å². The molecule has 0 aliphatic heterocycles. The molecule has 0 radical (unpaired) electrons. The Kier molecular flexibility index (Phi) is 3.10. The van der Waals surface area contributed by atoms with Crippen molar-refractivity contribution < 1.29 is 0 Å². The van der Waals surface area contributed by atoms with E-state index in [1.54, 1.807) is 0 Å². The quantitative estimate of drug-likeness (QED) is 0.584. The molecule has 1 saturated carbocycles. The molecule has 2 rings (SSSR count). The summed E-state index contributed by atoms with van der Waals surface area (Å²) in [6.45, 7) is 10.8. The SMILES string of the molecule is C=CCC1CCC2C=C(C(C)(C)C)C=CC21. The van der Waals surface area contributed by atoms with E-state index in [0.717, 1.165) is 17.8 Å². The molecule has 0 nitrogen and oxygen atoms in total. The van der Waals surface area contributed by atoms with Crippen molar-refractivity contribution in [3.63, 3.8) is 0 Å². The lowest BCUT2D eigenvalue weighted by molar-refractivity contribution is 0.410. The van der Waals surface area contributed by atoms with E-state index in [0.29, 0.717) is 5.41 Å². The highest BCUT2D eigenvalue weighted by Crippen LogP contribution is 2.45. The van der Waals surface area contributed by atoms with Gasteiger partial charge < -0.3 is 0 Å². The molecule has 0 bridgehead atoms. The number of rotatable bonds is 2. The van der Waals surface area contributed by atoms with Gasteiger partial charge in [0.2, 0.25) is 0 Å². The number of hydrogen-bond donors (Lipinski definition) is 0. The summed E-state index contributed by atoms with van der Waals surface area (Å²) in [5.74, 6) is 2.42. The Morgan fingerprint density at radius 2 is 2.12 bits per heavy atom. The van der Waals surface area contributed by atoms with Gasteiger partial charge >= 0.3 is 0 Å². The fraction of sp³-hybridized carbons (Fsp3) is 0.625. The topological polar surface area (TPSA) is 0 Å². The Morgan fingerprint density at radius 1 is 1.38 bits per heavy atom. The van der Waals surface area contributed by atoms with Crippen molar-refractivity contribution in [3.8, 4) is 0 Å². The second-order valence-electron chi connectivity index (χ2n) is 6.33. The van der Waals surface area contributed by atoms with E-state index in [2.05, 4.69) is 51.7 Å². The third-order valence-electron chi connectivity index (χ3n) is 4.14. The Balaban J connectivity index is 2.13. The van der Waals surface area contributed by atoms with Crippen LogP contribution in [0.4, 0.5) is 0 Å². The summed E-state index contributed by atoms with van der Waals surface area (Å²) < 4.78 is 0. The molecule has 0 N–H and O–H groups in total. The predicted octanol–water partition coefficient (Wildman–Crippen LogP) is 4.75. The first-order valence-electron chi connectivity index (χ1n) is 6.54. The summed E-state index contributed by atoms with van der Waals surface area (Å²) in [5.41, 5.74) is 1.82. The van der Waals surface area contributed by atoms with E-state index in [1.807, 2.05) is 0 Å². The van der Waals surface area contributed by atoms with Crippen LogP contribution in [0.1, 0.15) is 40.0 Å². The average Bonchev–Trinajstić information content (AvgIpc) is 2.60. The molecular formula is C16H24. The maximum atomic E-state index is 3.88. The zero-order chi connectivity index (χ0) is 11.8. The lowest BCUT2D eigenvalue weighted by Gasteiger charge is -2.29. The zero-order valence-corrected chi connectivity index (χ0v) is 10.9. The van der Waals surface area contributed by atoms with Crippen molar-refractivity contribution in [1.29, 1.82) is 0 Å². The average molecular weight is 216 g/mol. The van der Waals surface area contributed by atoms with E-state index in [-0.39, 0.29) is 0 Å². The first-order chi connectivity index (χ1) is 7.52. The molecule has 0 aromatic rings. The number of hydrogen-bond acceptors (Lipinski definition) is 0. The van der Waals surface area contributed by atoms with Crippen LogP contribution in [0.5, 0.6) is 0 Å². The molecule has 1 fully saturated rings. The molecule has 0 saturated heterocycles. The highest BCUT2D eigenvalue weighted by atomic mass is 14.4. The Bertz CT molecular complexity index is 324. The van der Waals surface area contributed by atoms with Crippen LogP contribution in [0.3, 0.4) is 0 Å². The van der Waals surface area contributed by atoms with Crippen molar-refractivity contribution in [1.82, 2.24) is 0 Å². The van der Waals surface area contributed by atoms with Gasteiger partial charge in [0.15, 0.2) is 0 Å². The molecule has 2 aliphatic carbocycles. The molecule has 0 heterocycles. The van der Waals surface area contributed by atoms with Crippen LogP contribution in [0.2, 0.25) is 0 Å². The van der Waals surface area contributed by atoms with Crippen LogP contribution in [0, 0.1) is 23.2 Å². The summed E-state index contributed by atoms with van der Waals surface area (Å²) >= 11 is 0. The molecule has 3 atom stereocenters. The molecule has 3 unspecified atom stereocenters. The van der Waals surface area contributed by atoms with Crippen LogP contribution < -0.4 is 0 Å². The second kappa shape index (κ2) is 4.24. The number of allylic oxidation sites excluding steroid dienone is 5. The summed E-state index contributed by atoms with van der Waals surface area (Å²) in [6.07, 6.45) is 13.4. The lowest BCUT2D eigenvalue weighted by Crippen LogP contribution is -2.18. The predicted molar refractivity (Wildman–Crippen MR) is 71.2 cm³/mol. The first kappa shape index (κ1) is 11.7. The molecule has 88 valence electrons. The summed E-state index contributed by atoms with van der Waals surface area (Å²) in [7, 11) is 0. The minimum atomic E-state index is 0.304. The molecule has 2 aliphatic rings. The van der Waals surface area contributed by atoms with E-state index in [9.17, 15) is 0 Å². The molecule has 0 amide bonds. The van der Waals surface area contributed by atoms with E-state index < -0.39 is 0 Å². The van der Waals surface area contributed by atoms with E-state index in [1.165, 1.54) is 24.8 Å². The van der Waals surface area contributed by atoms with Gasteiger partial charge in [-0.2, -0.15) is 0 Å². The third kappa shape index (κ3) is 2.16. The first-order valence-corrected chi connectivity index (χ1v) is 6.54. The standard InChI is InChI=1S/C16H24/c1-5-6-12-7-8-13-11-14(16(2,3)4)9-10-15(12)13/h5,9-13,15H,1,6-8H2,2-4H3. The van der Waals surface area contributed by atoms with Gasteiger partial charge in [0.05, 0.1) is 0 Å². The van der Waals surface area contributed by atoms with Gasteiger partial charge in [-0.3, -0.25) is 0 Å². The summed E-state index contributed by atoms with van der Waals surface area (Å²) in [6, 6.07) is 0. The van der Waals surface area contributed by atoms with E-state index in [4.69, 9.17) is 0 Å². The summed E-state index contributed by atoms with van der Waals surface area (Å²) in [4.78, 5) is 0. The van der Waals surface area contributed by atoms with Crippen LogP contribution in [0.15, 0.2) is 36.5 Å². The monoisotopic (exact) mass is 216 g/mol. The van der Waals surface area contributed by atoms with Crippen LogP contribution in [-0.4, -0.2) is 0 Å². The van der Waals surface area contributed by atoms with Gasteiger partial charge in [0.25, 0.3) is 0 Å². The lowest BCUT2D eigenvalue weighted by atomic mass is 9.76. The Labute approximate surface area is 100 Å². The Morgan fingerprint density at radius 3 is 2.75 bits per heavy atom. The minimum absolute atomic E-state index is 0.304. The van der Waals surface area contributed by atoms with Gasteiger partial charge in [-0.15, -0.1) is 6.58 Å². The summed E-state index contributed by atoms with van der Waals surface area (Å²) in [5, 5.41) is 0. The zero-order valence-electron chi connectivity index (χ0n) is 10.9. The van der Waals surface area contributed by atoms with Gasteiger partial charge in [0.1, 0.15) is 0 Å². The van der Waals surface area contributed by atoms with Crippen molar-refractivity contribution in [3.05, 3.63) is 36.5 Å². The molecule has 0 aromatic heterocycles. The van der Waals surface area contributed by atoms with Crippen molar-refractivity contribution in [2.24, 2.45) is 23.2 Å². The molecule has 0 aromatic carbocycles. The number of fused-ring (bicyclic) bond motifs is 1.